The Bertz CT molecular complexity index is 993. The molecular weight excluding hydrogens is 307 g/mol. The van der Waals surface area contributed by atoms with Gasteiger partial charge in [0, 0.05) is 17.4 Å². The van der Waals surface area contributed by atoms with Gasteiger partial charge in [0.05, 0.1) is 16.5 Å². The van der Waals surface area contributed by atoms with Crippen LogP contribution < -0.4 is 4.73 Å². The third kappa shape index (κ3) is 2.23. The maximum atomic E-state index is 14.2. The third-order valence-corrected chi connectivity index (χ3v) is 4.66. The predicted octanol–water partition coefficient (Wildman–Crippen LogP) is 2.32. The molecule has 22 heavy (non-hydrogen) atoms. The van der Waals surface area contributed by atoms with Crippen LogP contribution in [0.25, 0.3) is 22.2 Å². The molecule has 1 N–H and O–H groups in total. The van der Waals surface area contributed by atoms with Gasteiger partial charge in [-0.15, -0.1) is 0 Å². The number of sulfone groups is 1. The summed E-state index contributed by atoms with van der Waals surface area (Å²) in [5.41, 5.74) is 1.31. The molecule has 1 aromatic carbocycles. The van der Waals surface area contributed by atoms with E-state index < -0.39 is 15.7 Å². The van der Waals surface area contributed by atoms with Gasteiger partial charge in [0.15, 0.2) is 9.84 Å². The van der Waals surface area contributed by atoms with Gasteiger partial charge in [-0.25, -0.2) is 22.5 Å². The van der Waals surface area contributed by atoms with Gasteiger partial charge in [-0.1, -0.05) is 0 Å². The molecule has 3 aromatic rings. The molecule has 0 atom stereocenters. The first-order chi connectivity index (χ1) is 10.3. The SMILES string of the molecule is Cc1cc(-c2cc(S(C)(=O)=O)ccc2F)c2cc[nH]c2[n+]1[O-]. The summed E-state index contributed by atoms with van der Waals surface area (Å²) in [4.78, 5) is 2.84. The second-order valence-corrected chi connectivity index (χ2v) is 7.16. The van der Waals surface area contributed by atoms with Crippen molar-refractivity contribution in [3.8, 4) is 11.1 Å². The van der Waals surface area contributed by atoms with Crippen molar-refractivity contribution in [3.63, 3.8) is 0 Å². The highest BCUT2D eigenvalue weighted by atomic mass is 32.2. The Morgan fingerprint density at radius 1 is 1.18 bits per heavy atom. The van der Waals surface area contributed by atoms with Crippen LogP contribution in [0, 0.1) is 17.9 Å². The second kappa shape index (κ2) is 4.81. The quantitative estimate of drug-likeness (QED) is 0.447. The molecule has 0 aliphatic heterocycles. The number of nitrogens with one attached hydrogen (secondary N) is 1. The highest BCUT2D eigenvalue weighted by Crippen LogP contribution is 2.31. The molecule has 0 bridgehead atoms. The first-order valence-corrected chi connectivity index (χ1v) is 8.38. The molecule has 114 valence electrons. The van der Waals surface area contributed by atoms with Crippen LogP contribution in [0.15, 0.2) is 41.4 Å². The van der Waals surface area contributed by atoms with E-state index in [1.165, 1.54) is 12.1 Å². The summed E-state index contributed by atoms with van der Waals surface area (Å²) in [6, 6.07) is 6.85. The van der Waals surface area contributed by atoms with E-state index in [9.17, 15) is 18.0 Å². The fourth-order valence-corrected chi connectivity index (χ4v) is 3.08. The van der Waals surface area contributed by atoms with E-state index in [-0.39, 0.29) is 10.5 Å². The first kappa shape index (κ1) is 14.5. The average Bonchev–Trinajstić information content (AvgIpc) is 2.92. The Labute approximate surface area is 126 Å². The monoisotopic (exact) mass is 320 g/mol. The van der Waals surface area contributed by atoms with Crippen LogP contribution in [-0.4, -0.2) is 19.7 Å². The van der Waals surface area contributed by atoms with Crippen LogP contribution in [-0.2, 0) is 9.84 Å². The lowest BCUT2D eigenvalue weighted by Crippen LogP contribution is -2.31. The normalized spacial score (nSPS) is 12.0. The summed E-state index contributed by atoms with van der Waals surface area (Å²) < 4.78 is 38.3. The Morgan fingerprint density at radius 3 is 2.59 bits per heavy atom. The second-order valence-electron chi connectivity index (χ2n) is 5.15. The molecule has 2 heterocycles. The topological polar surface area (TPSA) is 76.9 Å². The lowest BCUT2D eigenvalue weighted by atomic mass is 10.0. The number of fused-ring (bicyclic) bond motifs is 1. The number of aryl methyl sites for hydroxylation is 1. The molecule has 0 radical (unpaired) electrons. The molecule has 0 saturated carbocycles. The number of H-pyrrole nitrogens is 1. The predicted molar refractivity (Wildman–Crippen MR) is 80.5 cm³/mol. The number of halogens is 1. The number of benzene rings is 1. The van der Waals surface area contributed by atoms with E-state index in [1.54, 1.807) is 25.3 Å². The third-order valence-electron chi connectivity index (χ3n) is 3.55. The smallest absolute Gasteiger partial charge is 0.290 e. The van der Waals surface area contributed by atoms with E-state index in [0.717, 1.165) is 17.1 Å². The molecule has 0 amide bonds. The van der Waals surface area contributed by atoms with Gasteiger partial charge in [-0.2, -0.15) is 0 Å². The summed E-state index contributed by atoms with van der Waals surface area (Å²) in [6.07, 6.45) is 2.65. The van der Waals surface area contributed by atoms with Crippen molar-refractivity contribution in [2.45, 2.75) is 11.8 Å². The fraction of sp³-hybridized carbons (Fsp3) is 0.133. The Hall–Kier alpha value is -2.41. The number of nitrogens with zero attached hydrogens (tertiary/aromatic N) is 1. The number of rotatable bonds is 2. The fourth-order valence-electron chi connectivity index (χ4n) is 2.43. The molecule has 7 heteroatoms. The van der Waals surface area contributed by atoms with Gasteiger partial charge in [-0.3, -0.25) is 0 Å². The van der Waals surface area contributed by atoms with E-state index in [2.05, 4.69) is 4.98 Å². The minimum atomic E-state index is -3.45. The molecule has 2 aromatic heterocycles. The van der Waals surface area contributed by atoms with E-state index in [4.69, 9.17) is 0 Å². The Morgan fingerprint density at radius 2 is 1.91 bits per heavy atom. The van der Waals surface area contributed by atoms with Gasteiger partial charge in [0.25, 0.3) is 5.65 Å². The van der Waals surface area contributed by atoms with Crippen molar-refractivity contribution in [2.24, 2.45) is 0 Å². The van der Waals surface area contributed by atoms with E-state index >= 15 is 0 Å². The van der Waals surface area contributed by atoms with Gasteiger partial charge >= 0.3 is 0 Å². The summed E-state index contributed by atoms with van der Waals surface area (Å²) >= 11 is 0. The van der Waals surface area contributed by atoms with E-state index in [1.807, 2.05) is 0 Å². The zero-order valence-electron chi connectivity index (χ0n) is 11.9. The van der Waals surface area contributed by atoms with Gasteiger partial charge in [-0.05, 0) is 37.3 Å². The molecule has 0 saturated heterocycles. The highest BCUT2D eigenvalue weighted by molar-refractivity contribution is 7.90. The van der Waals surface area contributed by atoms with Gasteiger partial charge in [0.2, 0.25) is 0 Å². The molecule has 3 rings (SSSR count). The van der Waals surface area contributed by atoms with Crippen molar-refractivity contribution >= 4 is 20.9 Å². The van der Waals surface area contributed by atoms with Crippen molar-refractivity contribution in [2.75, 3.05) is 6.26 Å². The minimum absolute atomic E-state index is 0.0316. The summed E-state index contributed by atoms with van der Waals surface area (Å²) in [6.45, 7) is 1.61. The van der Waals surface area contributed by atoms with E-state index in [0.29, 0.717) is 22.3 Å². The summed E-state index contributed by atoms with van der Waals surface area (Å²) in [5, 5.41) is 12.5. The average molecular weight is 320 g/mol. The zero-order chi connectivity index (χ0) is 16.1. The van der Waals surface area contributed by atoms with Crippen LogP contribution in [0.2, 0.25) is 0 Å². The molecule has 0 spiro atoms. The maximum Gasteiger partial charge on any atom is 0.290 e. The van der Waals surface area contributed by atoms with Crippen LogP contribution in [0.1, 0.15) is 5.69 Å². The molecule has 0 unspecified atom stereocenters. The maximum absolute atomic E-state index is 14.2. The van der Waals surface area contributed by atoms with Crippen LogP contribution >= 0.6 is 0 Å². The lowest BCUT2D eigenvalue weighted by molar-refractivity contribution is -0.586. The summed E-state index contributed by atoms with van der Waals surface area (Å²) in [5.74, 6) is -0.544. The Kier molecular flexibility index (Phi) is 3.17. The zero-order valence-corrected chi connectivity index (χ0v) is 12.7. The largest absolute Gasteiger partial charge is 0.710 e. The Balaban J connectivity index is 2.37. The minimum Gasteiger partial charge on any atom is -0.710 e. The van der Waals surface area contributed by atoms with Crippen molar-refractivity contribution in [1.82, 2.24) is 4.98 Å². The van der Waals surface area contributed by atoms with Gasteiger partial charge in [0.1, 0.15) is 11.5 Å². The molecule has 0 fully saturated rings. The molecule has 0 aliphatic rings. The van der Waals surface area contributed by atoms with Crippen molar-refractivity contribution in [1.29, 1.82) is 0 Å². The number of hydrogen-bond acceptors (Lipinski definition) is 3. The highest BCUT2D eigenvalue weighted by Gasteiger charge is 2.18. The van der Waals surface area contributed by atoms with Crippen LogP contribution in [0.3, 0.4) is 0 Å². The number of aromatic nitrogens is 2. The standard InChI is InChI=1S/C15H13FN2O3S/c1-9-7-12(11-5-6-17-15(11)18(9)19)13-8-10(22(2,20)21)3-4-14(13)16/h3-8,17H,1-2H3. The van der Waals surface area contributed by atoms with Crippen molar-refractivity contribution in [3.05, 3.63) is 53.2 Å². The molecular formula is C15H13FN2O3S. The first-order valence-electron chi connectivity index (χ1n) is 6.49. The molecule has 5 nitrogen and oxygen atoms in total. The number of pyridine rings is 1. The number of hydrogen-bond donors (Lipinski definition) is 1. The van der Waals surface area contributed by atoms with Crippen LogP contribution in [0.5, 0.6) is 0 Å². The van der Waals surface area contributed by atoms with Gasteiger partial charge < -0.3 is 5.21 Å². The summed E-state index contributed by atoms with van der Waals surface area (Å²) in [7, 11) is -3.45. The number of aromatic amines is 1. The van der Waals surface area contributed by atoms with Crippen molar-refractivity contribution < 1.29 is 17.5 Å². The lowest BCUT2D eigenvalue weighted by Gasteiger charge is -2.12. The molecule has 0 aliphatic carbocycles. The van der Waals surface area contributed by atoms with Crippen LogP contribution in [0.4, 0.5) is 4.39 Å².